The van der Waals surface area contributed by atoms with Gasteiger partial charge in [-0.05, 0) is 5.56 Å². The number of hydrogen-bond donors (Lipinski definition) is 1. The molecule has 0 saturated heterocycles. The van der Waals surface area contributed by atoms with Crippen molar-refractivity contribution in [1.82, 2.24) is 0 Å². The third kappa shape index (κ3) is 1.66. The van der Waals surface area contributed by atoms with E-state index in [1.54, 1.807) is 0 Å². The van der Waals surface area contributed by atoms with Crippen LogP contribution in [0.2, 0.25) is 0 Å². The molecule has 1 N–H and O–H groups in total. The first-order chi connectivity index (χ1) is 4.33. The number of benzene rings is 1. The molecular formula is C7H10OSi. The third-order valence-electron chi connectivity index (χ3n) is 1.30. The molecule has 0 amide bonds. The van der Waals surface area contributed by atoms with Gasteiger partial charge in [0.05, 0.1) is 6.61 Å². The first-order valence-electron chi connectivity index (χ1n) is 2.99. The summed E-state index contributed by atoms with van der Waals surface area (Å²) >= 11 is 0. The normalized spacial score (nSPS) is 9.89. The lowest BCUT2D eigenvalue weighted by Gasteiger charge is -1.94. The molecule has 0 saturated carbocycles. The zero-order chi connectivity index (χ0) is 6.69. The van der Waals surface area contributed by atoms with Gasteiger partial charge in [-0.25, -0.2) is 0 Å². The zero-order valence-electron chi connectivity index (χ0n) is 5.46. The fourth-order valence-corrected chi connectivity index (χ4v) is 1.03. The van der Waals surface area contributed by atoms with Gasteiger partial charge in [-0.15, -0.1) is 0 Å². The van der Waals surface area contributed by atoms with E-state index in [9.17, 15) is 0 Å². The summed E-state index contributed by atoms with van der Waals surface area (Å²) in [4.78, 5) is 0. The Bertz CT molecular complexity index is 181. The fourth-order valence-electron chi connectivity index (χ4n) is 0.693. The summed E-state index contributed by atoms with van der Waals surface area (Å²) in [6.45, 7) is 0.155. The summed E-state index contributed by atoms with van der Waals surface area (Å²) in [5.41, 5.74) is 0.995. The Morgan fingerprint density at radius 3 is 2.22 bits per heavy atom. The Morgan fingerprint density at radius 1 is 1.22 bits per heavy atom. The van der Waals surface area contributed by atoms with Gasteiger partial charge in [0.25, 0.3) is 0 Å². The SMILES string of the molecule is OCc1ccc([SiH3])cc1. The molecule has 0 aliphatic rings. The highest BCUT2D eigenvalue weighted by Gasteiger charge is 1.85. The summed E-state index contributed by atoms with van der Waals surface area (Å²) in [6, 6.07) is 8.03. The molecular weight excluding hydrogens is 128 g/mol. The highest BCUT2D eigenvalue weighted by atomic mass is 28.1. The van der Waals surface area contributed by atoms with E-state index in [0.29, 0.717) is 0 Å². The van der Waals surface area contributed by atoms with Crippen LogP contribution in [-0.4, -0.2) is 15.3 Å². The largest absolute Gasteiger partial charge is 0.392 e. The Morgan fingerprint density at radius 2 is 1.78 bits per heavy atom. The zero-order valence-corrected chi connectivity index (χ0v) is 7.46. The van der Waals surface area contributed by atoms with Gasteiger partial charge in [-0.2, -0.15) is 0 Å². The van der Waals surface area contributed by atoms with Crippen LogP contribution in [0.25, 0.3) is 0 Å². The van der Waals surface area contributed by atoms with Gasteiger partial charge in [0, 0.05) is 10.2 Å². The molecule has 0 aliphatic carbocycles. The van der Waals surface area contributed by atoms with Crippen molar-refractivity contribution in [2.45, 2.75) is 6.61 Å². The lowest BCUT2D eigenvalue weighted by Crippen LogP contribution is -2.00. The van der Waals surface area contributed by atoms with Crippen LogP contribution in [0.5, 0.6) is 0 Å². The molecule has 9 heavy (non-hydrogen) atoms. The van der Waals surface area contributed by atoms with E-state index in [1.165, 1.54) is 5.19 Å². The van der Waals surface area contributed by atoms with Crippen molar-refractivity contribution in [2.75, 3.05) is 0 Å². The van der Waals surface area contributed by atoms with E-state index in [2.05, 4.69) is 12.1 Å². The van der Waals surface area contributed by atoms with Crippen molar-refractivity contribution < 1.29 is 5.11 Å². The summed E-state index contributed by atoms with van der Waals surface area (Å²) in [5.74, 6) is 0. The van der Waals surface area contributed by atoms with Gasteiger partial charge in [0.15, 0.2) is 0 Å². The second kappa shape index (κ2) is 2.80. The highest BCUT2D eigenvalue weighted by molar-refractivity contribution is 6.32. The van der Waals surface area contributed by atoms with Crippen LogP contribution in [-0.2, 0) is 6.61 Å². The molecule has 0 atom stereocenters. The lowest BCUT2D eigenvalue weighted by molar-refractivity contribution is 0.282. The maximum atomic E-state index is 8.64. The Balaban J connectivity index is 2.88. The molecule has 1 nitrogen and oxygen atoms in total. The minimum Gasteiger partial charge on any atom is -0.392 e. The second-order valence-corrected chi connectivity index (χ2v) is 3.30. The standard InChI is InChI=1S/C7H10OSi/c8-5-6-1-3-7(9)4-2-6/h1-4,8H,5H2,9H3. The number of aliphatic hydroxyl groups is 1. The Labute approximate surface area is 57.8 Å². The van der Waals surface area contributed by atoms with Crippen LogP contribution in [0.1, 0.15) is 5.56 Å². The molecule has 1 aromatic rings. The summed E-state index contributed by atoms with van der Waals surface area (Å²) < 4.78 is 0. The van der Waals surface area contributed by atoms with E-state index < -0.39 is 0 Å². The summed E-state index contributed by atoms with van der Waals surface area (Å²) in [6.07, 6.45) is 0. The van der Waals surface area contributed by atoms with Crippen molar-refractivity contribution in [3.05, 3.63) is 29.8 Å². The monoisotopic (exact) mass is 138 g/mol. The van der Waals surface area contributed by atoms with Crippen LogP contribution in [0.4, 0.5) is 0 Å². The smallest absolute Gasteiger partial charge is 0.0681 e. The average Bonchev–Trinajstić information content (AvgIpc) is 1.90. The van der Waals surface area contributed by atoms with Gasteiger partial charge in [0.2, 0.25) is 0 Å². The first-order valence-corrected chi connectivity index (χ1v) is 3.99. The Kier molecular flexibility index (Phi) is 2.03. The molecule has 48 valence electrons. The molecule has 1 rings (SSSR count). The van der Waals surface area contributed by atoms with Crippen LogP contribution in [0.3, 0.4) is 0 Å². The first kappa shape index (κ1) is 6.52. The number of hydrogen-bond acceptors (Lipinski definition) is 1. The van der Waals surface area contributed by atoms with Crippen molar-refractivity contribution >= 4 is 15.4 Å². The van der Waals surface area contributed by atoms with Gasteiger partial charge >= 0.3 is 0 Å². The van der Waals surface area contributed by atoms with Crippen molar-refractivity contribution in [2.24, 2.45) is 0 Å². The molecule has 0 aromatic heterocycles. The third-order valence-corrected chi connectivity index (χ3v) is 1.97. The van der Waals surface area contributed by atoms with Crippen LogP contribution in [0.15, 0.2) is 24.3 Å². The Hall–Kier alpha value is -0.603. The molecule has 0 radical (unpaired) electrons. The summed E-state index contributed by atoms with van der Waals surface area (Å²) in [5, 5.41) is 10.0. The van der Waals surface area contributed by atoms with E-state index in [0.717, 1.165) is 15.8 Å². The highest BCUT2D eigenvalue weighted by Crippen LogP contribution is 1.93. The van der Waals surface area contributed by atoms with E-state index in [-0.39, 0.29) is 6.61 Å². The van der Waals surface area contributed by atoms with E-state index >= 15 is 0 Å². The maximum Gasteiger partial charge on any atom is 0.0681 e. The predicted octanol–water partition coefficient (Wildman–Crippen LogP) is -0.830. The van der Waals surface area contributed by atoms with Crippen LogP contribution >= 0.6 is 0 Å². The van der Waals surface area contributed by atoms with Gasteiger partial charge in [0.1, 0.15) is 0 Å². The molecule has 0 heterocycles. The van der Waals surface area contributed by atoms with Crippen LogP contribution in [0, 0.1) is 0 Å². The van der Waals surface area contributed by atoms with Gasteiger partial charge < -0.3 is 5.11 Å². The lowest BCUT2D eigenvalue weighted by atomic mass is 10.2. The summed E-state index contributed by atoms with van der Waals surface area (Å²) in [7, 11) is 1.09. The predicted molar refractivity (Wildman–Crippen MR) is 41.9 cm³/mol. The molecule has 1 aromatic carbocycles. The molecule has 0 unspecified atom stereocenters. The molecule has 0 fully saturated rings. The molecule has 0 bridgehead atoms. The molecule has 0 aliphatic heterocycles. The molecule has 2 heteroatoms. The number of rotatable bonds is 1. The topological polar surface area (TPSA) is 20.2 Å². The van der Waals surface area contributed by atoms with E-state index in [4.69, 9.17) is 5.11 Å². The van der Waals surface area contributed by atoms with Gasteiger partial charge in [-0.3, -0.25) is 0 Å². The number of aliphatic hydroxyl groups excluding tert-OH is 1. The maximum absolute atomic E-state index is 8.64. The van der Waals surface area contributed by atoms with Crippen molar-refractivity contribution in [3.63, 3.8) is 0 Å². The van der Waals surface area contributed by atoms with Crippen LogP contribution < -0.4 is 5.19 Å². The molecule has 0 spiro atoms. The average molecular weight is 138 g/mol. The quantitative estimate of drug-likeness (QED) is 0.502. The van der Waals surface area contributed by atoms with Gasteiger partial charge in [-0.1, -0.05) is 29.5 Å². The minimum atomic E-state index is 0.155. The minimum absolute atomic E-state index is 0.155. The second-order valence-electron chi connectivity index (χ2n) is 2.14. The van der Waals surface area contributed by atoms with Crippen molar-refractivity contribution in [1.29, 1.82) is 0 Å². The van der Waals surface area contributed by atoms with Crippen molar-refractivity contribution in [3.8, 4) is 0 Å². The fraction of sp³-hybridized carbons (Fsp3) is 0.143. The van der Waals surface area contributed by atoms with E-state index in [1.807, 2.05) is 12.1 Å².